The third-order valence-electron chi connectivity index (χ3n) is 4.75. The van der Waals surface area contributed by atoms with Gasteiger partial charge in [-0.2, -0.15) is 0 Å². The summed E-state index contributed by atoms with van der Waals surface area (Å²) in [4.78, 5) is 16.9. The van der Waals surface area contributed by atoms with Gasteiger partial charge in [0.25, 0.3) is 0 Å². The molecule has 1 saturated heterocycles. The van der Waals surface area contributed by atoms with Crippen LogP contribution in [0, 0.1) is 0 Å². The molecule has 3 aromatic rings. The minimum atomic E-state index is 0.0896. The molecule has 1 aliphatic heterocycles. The Morgan fingerprint density at radius 3 is 2.50 bits per heavy atom. The summed E-state index contributed by atoms with van der Waals surface area (Å²) in [6.45, 7) is 4.32. The van der Waals surface area contributed by atoms with E-state index < -0.39 is 0 Å². The summed E-state index contributed by atoms with van der Waals surface area (Å²) in [6.07, 6.45) is 0. The smallest absolute Gasteiger partial charge is 0.244 e. The van der Waals surface area contributed by atoms with E-state index in [0.717, 1.165) is 48.8 Å². The van der Waals surface area contributed by atoms with Gasteiger partial charge >= 0.3 is 0 Å². The van der Waals surface area contributed by atoms with Gasteiger partial charge in [-0.1, -0.05) is 41.1 Å². The number of hydrogen-bond acceptors (Lipinski definition) is 4. The number of para-hydroxylation sites is 1. The molecular weight excluding hydrogens is 350 g/mol. The summed E-state index contributed by atoms with van der Waals surface area (Å²) in [7, 11) is 0. The molecule has 26 heavy (non-hydrogen) atoms. The lowest BCUT2D eigenvalue weighted by molar-refractivity contribution is -0.133. The van der Waals surface area contributed by atoms with Crippen LogP contribution in [0.3, 0.4) is 0 Å². The summed E-state index contributed by atoms with van der Waals surface area (Å²) in [5, 5.41) is 8.97. The molecule has 1 amide bonds. The van der Waals surface area contributed by atoms with Gasteiger partial charge in [0.05, 0.1) is 5.52 Å². The van der Waals surface area contributed by atoms with Crippen molar-refractivity contribution in [1.29, 1.82) is 0 Å². The second-order valence-corrected chi connectivity index (χ2v) is 6.96. The second kappa shape index (κ2) is 7.43. The van der Waals surface area contributed by atoms with Gasteiger partial charge in [-0.3, -0.25) is 9.69 Å². The topological polar surface area (TPSA) is 54.3 Å². The number of carbonyl (C=O) groups is 1. The maximum atomic E-state index is 12.6. The van der Waals surface area contributed by atoms with Gasteiger partial charge in [0.1, 0.15) is 12.1 Å². The summed E-state index contributed by atoms with van der Waals surface area (Å²) >= 11 is 5.93. The van der Waals surface area contributed by atoms with Gasteiger partial charge in [-0.05, 0) is 29.8 Å². The van der Waals surface area contributed by atoms with E-state index in [9.17, 15) is 4.79 Å². The number of nitrogens with zero attached hydrogens (tertiary/aromatic N) is 5. The minimum absolute atomic E-state index is 0.0896. The second-order valence-electron chi connectivity index (χ2n) is 6.52. The number of benzene rings is 2. The molecule has 4 rings (SSSR count). The Bertz CT molecular complexity index is 900. The molecular formula is C19H20ClN5O. The number of piperazine rings is 1. The van der Waals surface area contributed by atoms with Crippen molar-refractivity contribution in [2.75, 3.05) is 26.2 Å². The van der Waals surface area contributed by atoms with E-state index in [1.165, 1.54) is 5.56 Å². The Hall–Kier alpha value is -2.44. The molecule has 6 nitrogen and oxygen atoms in total. The SMILES string of the molecule is O=C(Cn1nnc2ccccc21)N1CCN(Cc2ccc(Cl)cc2)CC1. The van der Waals surface area contributed by atoms with Crippen molar-refractivity contribution < 1.29 is 4.79 Å². The van der Waals surface area contributed by atoms with Crippen LogP contribution in [-0.4, -0.2) is 56.9 Å². The van der Waals surface area contributed by atoms with Crippen LogP contribution in [0.2, 0.25) is 5.02 Å². The first-order valence-electron chi connectivity index (χ1n) is 8.72. The van der Waals surface area contributed by atoms with Gasteiger partial charge in [-0.25, -0.2) is 4.68 Å². The molecule has 1 aliphatic rings. The van der Waals surface area contributed by atoms with Gasteiger partial charge in [0.2, 0.25) is 5.91 Å². The molecule has 0 bridgehead atoms. The number of hydrogen-bond donors (Lipinski definition) is 0. The molecule has 134 valence electrons. The van der Waals surface area contributed by atoms with Crippen molar-refractivity contribution in [3.05, 3.63) is 59.1 Å². The molecule has 1 aromatic heterocycles. The normalized spacial score (nSPS) is 15.5. The fourth-order valence-electron chi connectivity index (χ4n) is 3.27. The van der Waals surface area contributed by atoms with E-state index in [1.54, 1.807) is 4.68 Å². The van der Waals surface area contributed by atoms with Crippen LogP contribution in [0.5, 0.6) is 0 Å². The first-order chi connectivity index (χ1) is 12.7. The summed E-state index contributed by atoms with van der Waals surface area (Å²) in [5.74, 6) is 0.0896. The quantitative estimate of drug-likeness (QED) is 0.708. The van der Waals surface area contributed by atoms with E-state index >= 15 is 0 Å². The molecule has 0 atom stereocenters. The van der Waals surface area contributed by atoms with Crippen LogP contribution >= 0.6 is 11.6 Å². The lowest BCUT2D eigenvalue weighted by atomic mass is 10.2. The lowest BCUT2D eigenvalue weighted by Gasteiger charge is -2.34. The van der Waals surface area contributed by atoms with Crippen molar-refractivity contribution >= 4 is 28.5 Å². The average Bonchev–Trinajstić information content (AvgIpc) is 3.07. The molecule has 0 radical (unpaired) electrons. The van der Waals surface area contributed by atoms with Crippen LogP contribution in [0.1, 0.15) is 5.56 Å². The first kappa shape index (κ1) is 17.0. The predicted molar refractivity (Wildman–Crippen MR) is 101 cm³/mol. The van der Waals surface area contributed by atoms with Gasteiger partial charge in [0.15, 0.2) is 0 Å². The maximum Gasteiger partial charge on any atom is 0.244 e. The molecule has 0 aliphatic carbocycles. The van der Waals surface area contributed by atoms with E-state index in [2.05, 4.69) is 27.3 Å². The molecule has 2 aromatic carbocycles. The Balaban J connectivity index is 1.32. The van der Waals surface area contributed by atoms with E-state index in [4.69, 9.17) is 11.6 Å². The van der Waals surface area contributed by atoms with Crippen molar-refractivity contribution in [3.63, 3.8) is 0 Å². The summed E-state index contributed by atoms with van der Waals surface area (Å²) < 4.78 is 1.68. The molecule has 0 saturated carbocycles. The van der Waals surface area contributed by atoms with Crippen LogP contribution < -0.4 is 0 Å². The number of rotatable bonds is 4. The van der Waals surface area contributed by atoms with Crippen LogP contribution in [0.25, 0.3) is 11.0 Å². The zero-order chi connectivity index (χ0) is 17.9. The lowest BCUT2D eigenvalue weighted by Crippen LogP contribution is -2.49. The molecule has 0 spiro atoms. The maximum absolute atomic E-state index is 12.6. The number of carbonyl (C=O) groups excluding carboxylic acids is 1. The molecule has 0 unspecified atom stereocenters. The zero-order valence-electron chi connectivity index (χ0n) is 14.4. The highest BCUT2D eigenvalue weighted by molar-refractivity contribution is 6.30. The third-order valence-corrected chi connectivity index (χ3v) is 5.00. The number of halogens is 1. The Labute approximate surface area is 156 Å². The van der Waals surface area contributed by atoms with Gasteiger partial charge in [0, 0.05) is 37.7 Å². The largest absolute Gasteiger partial charge is 0.339 e. The van der Waals surface area contributed by atoms with E-state index in [0.29, 0.717) is 0 Å². The number of aromatic nitrogens is 3. The molecule has 7 heteroatoms. The minimum Gasteiger partial charge on any atom is -0.339 e. The summed E-state index contributed by atoms with van der Waals surface area (Å²) in [6, 6.07) is 15.6. The third kappa shape index (κ3) is 3.71. The van der Waals surface area contributed by atoms with Crippen molar-refractivity contribution in [2.24, 2.45) is 0 Å². The van der Waals surface area contributed by atoms with Gasteiger partial charge in [-0.15, -0.1) is 5.10 Å². The molecule has 0 N–H and O–H groups in total. The van der Waals surface area contributed by atoms with Crippen LogP contribution in [0.15, 0.2) is 48.5 Å². The fourth-order valence-corrected chi connectivity index (χ4v) is 3.39. The average molecular weight is 370 g/mol. The Morgan fingerprint density at radius 2 is 1.73 bits per heavy atom. The molecule has 2 heterocycles. The highest BCUT2D eigenvalue weighted by Crippen LogP contribution is 2.14. The Kier molecular flexibility index (Phi) is 4.86. The van der Waals surface area contributed by atoms with Crippen LogP contribution in [0.4, 0.5) is 0 Å². The van der Waals surface area contributed by atoms with Crippen molar-refractivity contribution in [3.8, 4) is 0 Å². The Morgan fingerprint density at radius 1 is 1.00 bits per heavy atom. The van der Waals surface area contributed by atoms with Crippen molar-refractivity contribution in [2.45, 2.75) is 13.1 Å². The summed E-state index contributed by atoms with van der Waals surface area (Å²) in [5.41, 5.74) is 2.94. The van der Waals surface area contributed by atoms with Crippen molar-refractivity contribution in [1.82, 2.24) is 24.8 Å². The predicted octanol–water partition coefficient (Wildman–Crippen LogP) is 2.43. The van der Waals surface area contributed by atoms with Crippen LogP contribution in [-0.2, 0) is 17.9 Å². The zero-order valence-corrected chi connectivity index (χ0v) is 15.1. The van der Waals surface area contributed by atoms with E-state index in [-0.39, 0.29) is 12.5 Å². The standard InChI is InChI=1S/C19H20ClN5O/c20-16-7-5-15(6-8-16)13-23-9-11-24(12-10-23)19(26)14-25-18-4-2-1-3-17(18)21-22-25/h1-8H,9-14H2. The number of amides is 1. The monoisotopic (exact) mass is 369 g/mol. The fraction of sp³-hybridized carbons (Fsp3) is 0.316. The first-order valence-corrected chi connectivity index (χ1v) is 9.10. The number of fused-ring (bicyclic) bond motifs is 1. The van der Waals surface area contributed by atoms with E-state index in [1.807, 2.05) is 41.3 Å². The highest BCUT2D eigenvalue weighted by atomic mass is 35.5. The highest BCUT2D eigenvalue weighted by Gasteiger charge is 2.22. The molecule has 1 fully saturated rings. The van der Waals surface area contributed by atoms with Gasteiger partial charge < -0.3 is 4.90 Å².